The minimum Gasteiger partial charge on any atom is -0.489 e. The van der Waals surface area contributed by atoms with Gasteiger partial charge >= 0.3 is 5.97 Å². The number of nitriles is 1. The molecule has 90 valence electrons. The SMILES string of the molecule is COC(=O)C(C)(O)COc1ccccc1C#N. The largest absolute Gasteiger partial charge is 0.489 e. The highest BCUT2D eigenvalue weighted by atomic mass is 16.6. The molecule has 1 aromatic rings. The summed E-state index contributed by atoms with van der Waals surface area (Å²) in [5, 5.41) is 18.5. The van der Waals surface area contributed by atoms with E-state index in [1.165, 1.54) is 14.0 Å². The van der Waals surface area contributed by atoms with Crippen molar-refractivity contribution in [3.05, 3.63) is 29.8 Å². The van der Waals surface area contributed by atoms with Crippen LogP contribution < -0.4 is 4.74 Å². The summed E-state index contributed by atoms with van der Waals surface area (Å²) in [6.07, 6.45) is 0. The highest BCUT2D eigenvalue weighted by Crippen LogP contribution is 2.18. The first kappa shape index (κ1) is 13.0. The van der Waals surface area contributed by atoms with E-state index in [4.69, 9.17) is 10.00 Å². The Bertz CT molecular complexity index is 448. The van der Waals surface area contributed by atoms with Gasteiger partial charge in [0.05, 0.1) is 12.7 Å². The lowest BCUT2D eigenvalue weighted by Crippen LogP contribution is -2.42. The zero-order valence-corrected chi connectivity index (χ0v) is 9.64. The van der Waals surface area contributed by atoms with Crippen molar-refractivity contribution in [3.8, 4) is 11.8 Å². The molecule has 0 bridgehead atoms. The van der Waals surface area contributed by atoms with E-state index in [2.05, 4.69) is 4.74 Å². The second-order valence-corrected chi connectivity index (χ2v) is 3.66. The van der Waals surface area contributed by atoms with Gasteiger partial charge in [0.25, 0.3) is 0 Å². The number of hydrogen-bond donors (Lipinski definition) is 1. The van der Waals surface area contributed by atoms with Gasteiger partial charge in [-0.3, -0.25) is 0 Å². The number of esters is 1. The molecule has 0 aromatic heterocycles. The van der Waals surface area contributed by atoms with Gasteiger partial charge in [-0.1, -0.05) is 12.1 Å². The summed E-state index contributed by atoms with van der Waals surface area (Å²) >= 11 is 0. The van der Waals surface area contributed by atoms with Crippen molar-refractivity contribution in [2.45, 2.75) is 12.5 Å². The average molecular weight is 235 g/mol. The minimum absolute atomic E-state index is 0.279. The smallest absolute Gasteiger partial charge is 0.341 e. The van der Waals surface area contributed by atoms with Crippen LogP contribution in [0.1, 0.15) is 12.5 Å². The second-order valence-electron chi connectivity index (χ2n) is 3.66. The standard InChI is InChI=1S/C12H13NO4/c1-12(15,11(14)16-2)8-17-10-6-4-3-5-9(10)7-13/h3-6,15H,8H2,1-2H3. The third kappa shape index (κ3) is 3.20. The van der Waals surface area contributed by atoms with Crippen LogP contribution in [0.25, 0.3) is 0 Å². The fourth-order valence-electron chi connectivity index (χ4n) is 1.18. The molecule has 0 heterocycles. The molecular formula is C12H13NO4. The number of para-hydroxylation sites is 1. The molecule has 5 heteroatoms. The normalized spacial score (nSPS) is 13.3. The maximum absolute atomic E-state index is 11.2. The van der Waals surface area contributed by atoms with E-state index >= 15 is 0 Å². The molecule has 17 heavy (non-hydrogen) atoms. The van der Waals surface area contributed by atoms with E-state index in [1.807, 2.05) is 6.07 Å². The van der Waals surface area contributed by atoms with Gasteiger partial charge in [0.15, 0.2) is 5.60 Å². The summed E-state index contributed by atoms with van der Waals surface area (Å²) in [5.41, 5.74) is -1.40. The van der Waals surface area contributed by atoms with Crippen molar-refractivity contribution in [2.24, 2.45) is 0 Å². The van der Waals surface area contributed by atoms with E-state index in [0.29, 0.717) is 11.3 Å². The highest BCUT2D eigenvalue weighted by Gasteiger charge is 2.32. The van der Waals surface area contributed by atoms with Crippen LogP contribution in [0.15, 0.2) is 24.3 Å². The van der Waals surface area contributed by atoms with Gasteiger partial charge in [0.1, 0.15) is 18.4 Å². The lowest BCUT2D eigenvalue weighted by molar-refractivity contribution is -0.163. The predicted octanol–water partition coefficient (Wildman–Crippen LogP) is 0.861. The molecule has 0 aliphatic carbocycles. The minimum atomic E-state index is -1.74. The highest BCUT2D eigenvalue weighted by molar-refractivity contribution is 5.78. The van der Waals surface area contributed by atoms with E-state index in [-0.39, 0.29) is 6.61 Å². The molecule has 0 aliphatic rings. The van der Waals surface area contributed by atoms with E-state index in [0.717, 1.165) is 0 Å². The molecule has 1 rings (SSSR count). The Balaban J connectivity index is 2.74. The summed E-state index contributed by atoms with van der Waals surface area (Å²) < 4.78 is 9.67. The predicted molar refractivity (Wildman–Crippen MR) is 59.3 cm³/mol. The number of rotatable bonds is 4. The van der Waals surface area contributed by atoms with Crippen molar-refractivity contribution < 1.29 is 19.4 Å². The summed E-state index contributed by atoms with van der Waals surface area (Å²) in [6, 6.07) is 8.52. The molecule has 0 radical (unpaired) electrons. The summed E-state index contributed by atoms with van der Waals surface area (Å²) in [4.78, 5) is 11.2. The van der Waals surface area contributed by atoms with E-state index in [9.17, 15) is 9.90 Å². The maximum atomic E-state index is 11.2. The number of carbonyl (C=O) groups excluding carboxylic acids is 1. The van der Waals surface area contributed by atoms with Gasteiger partial charge in [-0.25, -0.2) is 4.79 Å². The second kappa shape index (κ2) is 5.32. The van der Waals surface area contributed by atoms with Gasteiger partial charge < -0.3 is 14.6 Å². The summed E-state index contributed by atoms with van der Waals surface area (Å²) in [5.74, 6) is -0.467. The number of nitrogens with zero attached hydrogens (tertiary/aromatic N) is 1. The number of ether oxygens (including phenoxy) is 2. The summed E-state index contributed by atoms with van der Waals surface area (Å²) in [6.45, 7) is 1.01. The van der Waals surface area contributed by atoms with Crippen molar-refractivity contribution in [2.75, 3.05) is 13.7 Å². The third-order valence-corrected chi connectivity index (χ3v) is 2.14. The van der Waals surface area contributed by atoms with Crippen molar-refractivity contribution >= 4 is 5.97 Å². The first-order chi connectivity index (χ1) is 8.01. The number of carbonyl (C=O) groups is 1. The van der Waals surface area contributed by atoms with Crippen LogP contribution in [0, 0.1) is 11.3 Å². The van der Waals surface area contributed by atoms with Crippen molar-refractivity contribution in [1.29, 1.82) is 5.26 Å². The Morgan fingerprint density at radius 2 is 2.18 bits per heavy atom. The van der Waals surface area contributed by atoms with Crippen LogP contribution in [0.2, 0.25) is 0 Å². The van der Waals surface area contributed by atoms with Crippen LogP contribution in [-0.4, -0.2) is 30.4 Å². The molecule has 1 unspecified atom stereocenters. The topological polar surface area (TPSA) is 79.6 Å². The van der Waals surface area contributed by atoms with Crippen LogP contribution in [-0.2, 0) is 9.53 Å². The van der Waals surface area contributed by atoms with Crippen LogP contribution >= 0.6 is 0 Å². The Morgan fingerprint density at radius 3 is 2.76 bits per heavy atom. The first-order valence-corrected chi connectivity index (χ1v) is 4.94. The van der Waals surface area contributed by atoms with Crippen LogP contribution in [0.5, 0.6) is 5.75 Å². The Morgan fingerprint density at radius 1 is 1.53 bits per heavy atom. The molecule has 0 spiro atoms. The molecule has 0 amide bonds. The zero-order valence-electron chi connectivity index (χ0n) is 9.64. The molecule has 0 saturated carbocycles. The van der Waals surface area contributed by atoms with Crippen LogP contribution in [0.3, 0.4) is 0 Å². The molecule has 5 nitrogen and oxygen atoms in total. The van der Waals surface area contributed by atoms with E-state index in [1.54, 1.807) is 24.3 Å². The average Bonchev–Trinajstić information content (AvgIpc) is 2.35. The Labute approximate surface area is 99.2 Å². The lowest BCUT2D eigenvalue weighted by Gasteiger charge is -2.20. The van der Waals surface area contributed by atoms with E-state index < -0.39 is 11.6 Å². The summed E-state index contributed by atoms with van der Waals surface area (Å²) in [7, 11) is 1.18. The maximum Gasteiger partial charge on any atom is 0.341 e. The molecule has 0 aliphatic heterocycles. The molecular weight excluding hydrogens is 222 g/mol. The third-order valence-electron chi connectivity index (χ3n) is 2.14. The van der Waals surface area contributed by atoms with Gasteiger partial charge in [0, 0.05) is 0 Å². The van der Waals surface area contributed by atoms with Crippen molar-refractivity contribution in [3.63, 3.8) is 0 Å². The van der Waals surface area contributed by atoms with Gasteiger partial charge in [-0.15, -0.1) is 0 Å². The number of benzene rings is 1. The fraction of sp³-hybridized carbons (Fsp3) is 0.333. The number of aliphatic hydroxyl groups is 1. The number of methoxy groups -OCH3 is 1. The lowest BCUT2D eigenvalue weighted by atomic mass is 10.1. The van der Waals surface area contributed by atoms with Crippen LogP contribution in [0.4, 0.5) is 0 Å². The van der Waals surface area contributed by atoms with Gasteiger partial charge in [-0.2, -0.15) is 5.26 Å². The molecule has 0 saturated heterocycles. The monoisotopic (exact) mass is 235 g/mol. The Kier molecular flexibility index (Phi) is 4.07. The van der Waals surface area contributed by atoms with Crippen molar-refractivity contribution in [1.82, 2.24) is 0 Å². The van der Waals surface area contributed by atoms with Gasteiger partial charge in [-0.05, 0) is 19.1 Å². The number of hydrogen-bond acceptors (Lipinski definition) is 5. The Hall–Kier alpha value is -2.06. The first-order valence-electron chi connectivity index (χ1n) is 4.94. The van der Waals surface area contributed by atoms with Gasteiger partial charge in [0.2, 0.25) is 0 Å². The molecule has 1 atom stereocenters. The zero-order chi connectivity index (χ0) is 12.9. The fourth-order valence-corrected chi connectivity index (χ4v) is 1.18. The quantitative estimate of drug-likeness (QED) is 0.783. The molecule has 1 aromatic carbocycles. The molecule has 1 N–H and O–H groups in total. The molecule has 0 fully saturated rings.